The monoisotopic (exact) mass is 323 g/mol. The number of nitrogens with one attached hydrogen (secondary N) is 2. The second-order valence-electron chi connectivity index (χ2n) is 4.56. The van der Waals surface area contributed by atoms with E-state index in [1.807, 2.05) is 17.1 Å². The van der Waals surface area contributed by atoms with Crippen LogP contribution in [0.2, 0.25) is 0 Å². The Hall–Kier alpha value is -3.04. The predicted octanol–water partition coefficient (Wildman–Crippen LogP) is 0.838. The Bertz CT molecular complexity index is 594. The number of amides is 2. The van der Waals surface area contributed by atoms with Crippen molar-refractivity contribution in [3.8, 4) is 0 Å². The lowest BCUT2D eigenvalue weighted by Crippen LogP contribution is -2.40. The quantitative estimate of drug-likeness (QED) is 0.480. The minimum Gasteiger partial charge on any atom is -0.754 e. The van der Waals surface area contributed by atoms with Gasteiger partial charge in [-0.25, -0.2) is 19.6 Å². The van der Waals surface area contributed by atoms with Crippen LogP contribution < -0.4 is 20.3 Å². The van der Waals surface area contributed by atoms with Gasteiger partial charge in [0, 0.05) is 13.1 Å². The van der Waals surface area contributed by atoms with Crippen molar-refractivity contribution >= 4 is 29.8 Å². The first-order chi connectivity index (χ1) is 11.0. The molecule has 0 radical (unpaired) electrons. The summed E-state index contributed by atoms with van der Waals surface area (Å²) in [5.41, 5.74) is 0. The molecule has 10 nitrogen and oxygen atoms in total. The summed E-state index contributed by atoms with van der Waals surface area (Å²) < 4.78 is 9.21. The third kappa shape index (κ3) is 3.99. The van der Waals surface area contributed by atoms with Gasteiger partial charge in [-0.15, -0.1) is 0 Å². The summed E-state index contributed by atoms with van der Waals surface area (Å²) in [5, 5.41) is 16.7. The molecule has 0 saturated carbocycles. The second-order valence-corrected chi connectivity index (χ2v) is 4.56. The van der Waals surface area contributed by atoms with Crippen molar-refractivity contribution < 1.29 is 23.8 Å². The van der Waals surface area contributed by atoms with Gasteiger partial charge < -0.3 is 19.6 Å². The van der Waals surface area contributed by atoms with Gasteiger partial charge in [0.25, 0.3) is 0 Å². The van der Waals surface area contributed by atoms with Crippen molar-refractivity contribution in [2.75, 3.05) is 42.8 Å². The van der Waals surface area contributed by atoms with Gasteiger partial charge in [0.1, 0.15) is 0 Å². The molecule has 124 valence electrons. The summed E-state index contributed by atoms with van der Waals surface area (Å²) in [4.78, 5) is 28.7. The van der Waals surface area contributed by atoms with Crippen LogP contribution in [0.25, 0.3) is 0 Å². The zero-order valence-corrected chi connectivity index (χ0v) is 12.7. The highest BCUT2D eigenvalue weighted by Crippen LogP contribution is 2.19. The van der Waals surface area contributed by atoms with Gasteiger partial charge in [-0.1, -0.05) is 17.1 Å². The fourth-order valence-electron chi connectivity index (χ4n) is 1.96. The van der Waals surface area contributed by atoms with Gasteiger partial charge in [-0.2, -0.15) is 5.32 Å². The minimum absolute atomic E-state index is 0.122. The maximum absolute atomic E-state index is 12.2. The molecule has 0 bridgehead atoms. The number of rotatable bonds is 3. The second kappa shape index (κ2) is 7.29. The van der Waals surface area contributed by atoms with Crippen LogP contribution in [-0.2, 0) is 9.47 Å². The highest BCUT2D eigenvalue weighted by Gasteiger charge is 2.22. The standard InChI is InChI=1S/C13H17N5O5/c1-22-12(19)15-10-8-9(17-6-4-3-5-7-17)14-11(18(10)21)16-13(20)23-2/h3-4,8H,5-7H2,1-2H3,(H,15,19)(H,14,16,20). The Morgan fingerprint density at radius 2 is 1.96 bits per heavy atom. The normalized spacial score (nSPS) is 13.4. The SMILES string of the molecule is COC(=O)Nc1cc(N2CC=CCC2)nc(NC(=O)OC)[n+]1[O-]. The minimum atomic E-state index is -0.846. The Morgan fingerprint density at radius 1 is 1.26 bits per heavy atom. The number of hydrogen-bond donors (Lipinski definition) is 2. The van der Waals surface area contributed by atoms with Crippen molar-refractivity contribution in [3.63, 3.8) is 0 Å². The van der Waals surface area contributed by atoms with E-state index in [1.165, 1.54) is 13.2 Å². The van der Waals surface area contributed by atoms with E-state index >= 15 is 0 Å². The zero-order chi connectivity index (χ0) is 16.8. The molecule has 0 aliphatic carbocycles. The first-order valence-electron chi connectivity index (χ1n) is 6.79. The van der Waals surface area contributed by atoms with Crippen molar-refractivity contribution in [3.05, 3.63) is 23.4 Å². The summed E-state index contributed by atoms with van der Waals surface area (Å²) in [6.45, 7) is 1.30. The molecule has 1 aliphatic rings. The first-order valence-corrected chi connectivity index (χ1v) is 6.79. The number of aromatic nitrogens is 2. The Kier molecular flexibility index (Phi) is 5.18. The summed E-state index contributed by atoms with van der Waals surface area (Å²) in [7, 11) is 2.34. The van der Waals surface area contributed by atoms with Crippen LogP contribution in [0.1, 0.15) is 6.42 Å². The van der Waals surface area contributed by atoms with Gasteiger partial charge in [-0.3, -0.25) is 0 Å². The summed E-state index contributed by atoms with van der Waals surface area (Å²) in [6, 6.07) is 1.41. The van der Waals surface area contributed by atoms with Crippen LogP contribution in [0, 0.1) is 5.21 Å². The van der Waals surface area contributed by atoms with Gasteiger partial charge in [-0.05, 0) is 6.42 Å². The maximum Gasteiger partial charge on any atom is 0.460 e. The lowest BCUT2D eigenvalue weighted by atomic mass is 10.2. The number of carbonyl (C=O) groups is 2. The molecule has 0 spiro atoms. The van der Waals surface area contributed by atoms with Crippen LogP contribution in [0.5, 0.6) is 0 Å². The molecule has 2 amide bonds. The number of anilines is 3. The largest absolute Gasteiger partial charge is 0.754 e. The van der Waals surface area contributed by atoms with Crippen molar-refractivity contribution in [2.45, 2.75) is 6.42 Å². The molecule has 2 N–H and O–H groups in total. The van der Waals surface area contributed by atoms with E-state index in [-0.39, 0.29) is 16.5 Å². The van der Waals surface area contributed by atoms with E-state index in [2.05, 4.69) is 25.1 Å². The molecule has 2 rings (SSSR count). The fraction of sp³-hybridized carbons (Fsp3) is 0.385. The van der Waals surface area contributed by atoms with E-state index < -0.39 is 12.2 Å². The molecule has 0 aromatic carbocycles. The number of ether oxygens (including phenoxy) is 2. The average Bonchev–Trinajstić information content (AvgIpc) is 2.58. The number of hydrogen-bond acceptors (Lipinski definition) is 7. The molecular weight excluding hydrogens is 306 g/mol. The zero-order valence-electron chi connectivity index (χ0n) is 12.7. The number of methoxy groups -OCH3 is 2. The predicted molar refractivity (Wildman–Crippen MR) is 81.2 cm³/mol. The molecule has 1 aromatic heterocycles. The third-order valence-electron chi connectivity index (χ3n) is 3.09. The summed E-state index contributed by atoms with van der Waals surface area (Å²) in [5.74, 6) is -0.00244. The van der Waals surface area contributed by atoms with Crippen LogP contribution in [0.15, 0.2) is 18.2 Å². The maximum atomic E-state index is 12.2. The Balaban J connectivity index is 2.38. The molecule has 1 aliphatic heterocycles. The van der Waals surface area contributed by atoms with E-state index in [0.717, 1.165) is 13.5 Å². The average molecular weight is 323 g/mol. The molecule has 1 aromatic rings. The smallest absolute Gasteiger partial charge is 0.460 e. The molecular formula is C13H17N5O5. The lowest BCUT2D eigenvalue weighted by molar-refractivity contribution is -0.577. The van der Waals surface area contributed by atoms with E-state index in [1.54, 1.807) is 0 Å². The van der Waals surface area contributed by atoms with Crippen molar-refractivity contribution in [2.24, 2.45) is 0 Å². The van der Waals surface area contributed by atoms with Gasteiger partial charge >= 0.3 is 18.1 Å². The third-order valence-corrected chi connectivity index (χ3v) is 3.09. The van der Waals surface area contributed by atoms with Crippen molar-refractivity contribution in [1.82, 2.24) is 4.98 Å². The number of carbonyl (C=O) groups excluding carboxylic acids is 2. The molecule has 10 heteroatoms. The molecule has 0 saturated heterocycles. The Labute approximate surface area is 132 Å². The van der Waals surface area contributed by atoms with Gasteiger partial charge in [0.2, 0.25) is 5.82 Å². The molecule has 0 fully saturated rings. The lowest BCUT2D eigenvalue weighted by Gasteiger charge is -2.24. The summed E-state index contributed by atoms with van der Waals surface area (Å²) >= 11 is 0. The van der Waals surface area contributed by atoms with Crippen molar-refractivity contribution in [1.29, 1.82) is 0 Å². The van der Waals surface area contributed by atoms with E-state index in [0.29, 0.717) is 18.9 Å². The van der Waals surface area contributed by atoms with Crippen LogP contribution in [0.3, 0.4) is 0 Å². The summed E-state index contributed by atoms with van der Waals surface area (Å²) in [6.07, 6.45) is 3.17. The molecule has 23 heavy (non-hydrogen) atoms. The van der Waals surface area contributed by atoms with Crippen LogP contribution >= 0.6 is 0 Å². The first kappa shape index (κ1) is 16.3. The van der Waals surface area contributed by atoms with Crippen LogP contribution in [-0.4, -0.2) is 44.5 Å². The molecule has 2 heterocycles. The van der Waals surface area contributed by atoms with Crippen LogP contribution in [0.4, 0.5) is 27.2 Å². The molecule has 0 unspecified atom stereocenters. The highest BCUT2D eigenvalue weighted by atomic mass is 16.5. The molecule has 0 atom stereocenters. The van der Waals surface area contributed by atoms with E-state index in [9.17, 15) is 14.8 Å². The van der Waals surface area contributed by atoms with Gasteiger partial charge in [0.05, 0.1) is 20.3 Å². The topological polar surface area (TPSA) is 120 Å². The number of nitrogens with zero attached hydrogens (tertiary/aromatic N) is 3. The van der Waals surface area contributed by atoms with E-state index in [4.69, 9.17) is 0 Å². The fourth-order valence-corrected chi connectivity index (χ4v) is 1.96. The van der Waals surface area contributed by atoms with Gasteiger partial charge in [0.15, 0.2) is 5.82 Å². The Morgan fingerprint density at radius 3 is 2.57 bits per heavy atom. The highest BCUT2D eigenvalue weighted by molar-refractivity contribution is 5.84.